The Hall–Kier alpha value is -2.57. The summed E-state index contributed by atoms with van der Waals surface area (Å²) in [4.78, 5) is 37.5. The number of likely N-dealkylation sites (N-methyl/N-ethyl adjacent to an activating group) is 1. The van der Waals surface area contributed by atoms with Gasteiger partial charge < -0.3 is 15.7 Å². The minimum absolute atomic E-state index is 0.236. The minimum atomic E-state index is -1.07. The molecule has 0 bridgehead atoms. The number of hydrogen-bond acceptors (Lipinski definition) is 3. The predicted octanol–water partition coefficient (Wildman–Crippen LogP) is 0.429. The molecule has 1 aromatic rings. The molecule has 7 heteroatoms. The summed E-state index contributed by atoms with van der Waals surface area (Å²) >= 11 is 0. The Balaban J connectivity index is 2.35. The first-order valence-electron chi connectivity index (χ1n) is 6.62. The molecular formula is C14H17N3O4. The maximum Gasteiger partial charge on any atom is 0.327 e. The number of carboxylic acids is 1. The molecule has 0 spiro atoms. The summed E-state index contributed by atoms with van der Waals surface area (Å²) in [5, 5.41) is 9.34. The number of nitrogens with zero attached hydrogens (tertiary/aromatic N) is 2. The van der Waals surface area contributed by atoms with E-state index in [1.54, 1.807) is 31.2 Å². The number of carbonyl (C=O) groups is 3. The molecule has 2 rings (SSSR count). The van der Waals surface area contributed by atoms with Crippen molar-refractivity contribution in [1.29, 1.82) is 0 Å². The lowest BCUT2D eigenvalue weighted by Crippen LogP contribution is -2.51. The van der Waals surface area contributed by atoms with Crippen LogP contribution in [0, 0.1) is 0 Å². The van der Waals surface area contributed by atoms with E-state index in [-0.39, 0.29) is 19.5 Å². The van der Waals surface area contributed by atoms with E-state index in [1.807, 2.05) is 0 Å². The number of urea groups is 1. The Kier molecular flexibility index (Phi) is 4.11. The molecule has 3 amide bonds. The highest BCUT2D eigenvalue weighted by molar-refractivity contribution is 6.02. The Morgan fingerprint density at radius 2 is 2.05 bits per heavy atom. The number of amides is 3. The smallest absolute Gasteiger partial charge is 0.327 e. The van der Waals surface area contributed by atoms with Crippen molar-refractivity contribution in [3.8, 4) is 0 Å². The van der Waals surface area contributed by atoms with E-state index >= 15 is 0 Å². The Bertz CT molecular complexity index is 587. The summed E-state index contributed by atoms with van der Waals surface area (Å²) < 4.78 is 0. The van der Waals surface area contributed by atoms with Crippen molar-refractivity contribution in [2.45, 2.75) is 19.4 Å². The summed E-state index contributed by atoms with van der Waals surface area (Å²) in [6, 6.07) is 5.56. The molecule has 1 aliphatic rings. The van der Waals surface area contributed by atoms with Gasteiger partial charge >= 0.3 is 12.0 Å². The monoisotopic (exact) mass is 291 g/mol. The first kappa shape index (κ1) is 14.8. The van der Waals surface area contributed by atoms with Gasteiger partial charge in [-0.2, -0.15) is 0 Å². The second-order valence-corrected chi connectivity index (χ2v) is 4.82. The molecule has 0 saturated carbocycles. The largest absolute Gasteiger partial charge is 0.480 e. The van der Waals surface area contributed by atoms with Crippen molar-refractivity contribution in [3.05, 3.63) is 29.8 Å². The fraction of sp³-hybridized carbons (Fsp3) is 0.357. The zero-order valence-corrected chi connectivity index (χ0v) is 11.7. The van der Waals surface area contributed by atoms with Crippen LogP contribution in [0.1, 0.15) is 12.5 Å². The van der Waals surface area contributed by atoms with Crippen molar-refractivity contribution in [3.63, 3.8) is 0 Å². The summed E-state index contributed by atoms with van der Waals surface area (Å²) in [5.74, 6) is -1.71. The SMILES string of the molecule is CCN(CC(N)=O)C(=O)N1c2ccccc2C[C@H]1C(=O)O. The number of benzene rings is 1. The number of aliphatic carboxylic acids is 1. The average molecular weight is 291 g/mol. The topological polar surface area (TPSA) is 104 Å². The molecule has 0 aliphatic carbocycles. The summed E-state index contributed by atoms with van der Waals surface area (Å²) in [6.45, 7) is 1.74. The van der Waals surface area contributed by atoms with Crippen molar-refractivity contribution < 1.29 is 19.5 Å². The van der Waals surface area contributed by atoms with Gasteiger partial charge in [-0.25, -0.2) is 9.59 Å². The van der Waals surface area contributed by atoms with Crippen molar-refractivity contribution in [1.82, 2.24) is 4.90 Å². The number of carbonyl (C=O) groups excluding carboxylic acids is 2. The maximum atomic E-state index is 12.6. The lowest BCUT2D eigenvalue weighted by Gasteiger charge is -2.29. The van der Waals surface area contributed by atoms with E-state index in [4.69, 9.17) is 5.73 Å². The fourth-order valence-electron chi connectivity index (χ4n) is 2.48. The van der Waals surface area contributed by atoms with Gasteiger partial charge in [0, 0.05) is 18.7 Å². The van der Waals surface area contributed by atoms with Gasteiger partial charge in [0.1, 0.15) is 12.6 Å². The number of fused-ring (bicyclic) bond motifs is 1. The lowest BCUT2D eigenvalue weighted by atomic mass is 10.1. The van der Waals surface area contributed by atoms with E-state index in [1.165, 1.54) is 9.80 Å². The summed E-state index contributed by atoms with van der Waals surface area (Å²) in [5.41, 5.74) is 6.49. The van der Waals surface area contributed by atoms with Crippen LogP contribution < -0.4 is 10.6 Å². The number of hydrogen-bond donors (Lipinski definition) is 2. The zero-order chi connectivity index (χ0) is 15.6. The van der Waals surface area contributed by atoms with Crippen LogP contribution in [-0.4, -0.2) is 47.0 Å². The number of rotatable bonds is 4. The molecule has 1 aromatic carbocycles. The number of anilines is 1. The maximum absolute atomic E-state index is 12.6. The average Bonchev–Trinajstić information content (AvgIpc) is 2.83. The highest BCUT2D eigenvalue weighted by Gasteiger charge is 2.40. The second kappa shape index (κ2) is 5.82. The van der Waals surface area contributed by atoms with E-state index in [9.17, 15) is 19.5 Å². The lowest BCUT2D eigenvalue weighted by molar-refractivity contribution is -0.138. The Labute approximate surface area is 121 Å². The van der Waals surface area contributed by atoms with Crippen molar-refractivity contribution in [2.75, 3.05) is 18.0 Å². The molecule has 0 radical (unpaired) electrons. The van der Waals surface area contributed by atoms with Crippen LogP contribution >= 0.6 is 0 Å². The molecule has 1 atom stereocenters. The molecule has 0 unspecified atom stereocenters. The van der Waals surface area contributed by atoms with Crippen molar-refractivity contribution >= 4 is 23.6 Å². The fourth-order valence-corrected chi connectivity index (χ4v) is 2.48. The number of carboxylic acid groups (broad SMARTS) is 1. The van der Waals surface area contributed by atoms with E-state index in [0.29, 0.717) is 5.69 Å². The molecule has 0 aromatic heterocycles. The number of nitrogens with two attached hydrogens (primary N) is 1. The quantitative estimate of drug-likeness (QED) is 0.839. The third kappa shape index (κ3) is 2.81. The molecule has 1 aliphatic heterocycles. The van der Waals surface area contributed by atoms with Gasteiger partial charge in [-0.05, 0) is 18.6 Å². The van der Waals surface area contributed by atoms with Gasteiger partial charge in [0.25, 0.3) is 0 Å². The van der Waals surface area contributed by atoms with Gasteiger partial charge in [-0.1, -0.05) is 18.2 Å². The van der Waals surface area contributed by atoms with Gasteiger partial charge in [0.2, 0.25) is 5.91 Å². The Morgan fingerprint density at radius 1 is 1.38 bits per heavy atom. The number of para-hydroxylation sites is 1. The second-order valence-electron chi connectivity index (χ2n) is 4.82. The van der Waals surface area contributed by atoms with Crippen LogP contribution in [0.5, 0.6) is 0 Å². The standard InChI is InChI=1S/C14H17N3O4/c1-2-16(8-12(15)18)14(21)17-10-6-4-3-5-9(10)7-11(17)13(19)20/h3-6,11H,2,7-8H2,1H3,(H2,15,18)(H,19,20)/t11-/m0/s1. The molecule has 7 nitrogen and oxygen atoms in total. The van der Waals surface area contributed by atoms with E-state index in [2.05, 4.69) is 0 Å². The van der Waals surface area contributed by atoms with Crippen LogP contribution in [0.3, 0.4) is 0 Å². The first-order valence-corrected chi connectivity index (χ1v) is 6.62. The third-order valence-corrected chi connectivity index (χ3v) is 3.47. The van der Waals surface area contributed by atoms with Crippen LogP contribution in [0.4, 0.5) is 10.5 Å². The van der Waals surface area contributed by atoms with E-state index < -0.39 is 23.9 Å². The first-order chi connectivity index (χ1) is 9.95. The Morgan fingerprint density at radius 3 is 2.62 bits per heavy atom. The highest BCUT2D eigenvalue weighted by atomic mass is 16.4. The zero-order valence-electron chi connectivity index (χ0n) is 11.7. The van der Waals surface area contributed by atoms with Crippen LogP contribution in [0.2, 0.25) is 0 Å². The minimum Gasteiger partial charge on any atom is -0.480 e. The van der Waals surface area contributed by atoms with Gasteiger partial charge in [0.05, 0.1) is 0 Å². The van der Waals surface area contributed by atoms with Gasteiger partial charge in [-0.15, -0.1) is 0 Å². The van der Waals surface area contributed by atoms with Crippen molar-refractivity contribution in [2.24, 2.45) is 5.73 Å². The third-order valence-electron chi connectivity index (χ3n) is 3.47. The molecule has 3 N–H and O–H groups in total. The number of primary amides is 1. The predicted molar refractivity (Wildman–Crippen MR) is 75.9 cm³/mol. The highest BCUT2D eigenvalue weighted by Crippen LogP contribution is 2.33. The molecular weight excluding hydrogens is 274 g/mol. The van der Waals surface area contributed by atoms with Crippen LogP contribution in [-0.2, 0) is 16.0 Å². The normalized spacial score (nSPS) is 16.4. The van der Waals surface area contributed by atoms with E-state index in [0.717, 1.165) is 5.56 Å². The van der Waals surface area contributed by atoms with Crippen LogP contribution in [0.15, 0.2) is 24.3 Å². The molecule has 21 heavy (non-hydrogen) atoms. The molecule has 1 heterocycles. The summed E-state index contributed by atoms with van der Waals surface area (Å²) in [6.07, 6.45) is 0.255. The molecule has 0 saturated heterocycles. The van der Waals surface area contributed by atoms with Crippen LogP contribution in [0.25, 0.3) is 0 Å². The van der Waals surface area contributed by atoms with Gasteiger partial charge in [0.15, 0.2) is 0 Å². The summed E-state index contributed by atoms with van der Waals surface area (Å²) in [7, 11) is 0. The molecule has 112 valence electrons. The van der Waals surface area contributed by atoms with Gasteiger partial charge in [-0.3, -0.25) is 9.69 Å². The molecule has 0 fully saturated rings.